The molecule has 6 heteroatoms. The van der Waals surface area contributed by atoms with Gasteiger partial charge in [-0.15, -0.1) is 0 Å². The Morgan fingerprint density at radius 2 is 1.95 bits per heavy atom. The third-order valence-corrected chi connectivity index (χ3v) is 2.70. The summed E-state index contributed by atoms with van der Waals surface area (Å²) in [7, 11) is 1.53. The van der Waals surface area contributed by atoms with E-state index in [4.69, 9.17) is 10.5 Å². The van der Waals surface area contributed by atoms with Crippen molar-refractivity contribution in [2.75, 3.05) is 24.7 Å². The number of amides is 2. The Morgan fingerprint density at radius 1 is 1.25 bits per heavy atom. The van der Waals surface area contributed by atoms with Gasteiger partial charge in [0.1, 0.15) is 5.75 Å². The van der Waals surface area contributed by atoms with E-state index in [9.17, 15) is 9.59 Å². The predicted octanol–water partition coefficient (Wildman–Crippen LogP) is 1.52. The first kappa shape index (κ1) is 15.8. The van der Waals surface area contributed by atoms with Crippen molar-refractivity contribution in [1.29, 1.82) is 0 Å². The highest BCUT2D eigenvalue weighted by Crippen LogP contribution is 2.24. The highest BCUT2D eigenvalue weighted by atomic mass is 16.5. The van der Waals surface area contributed by atoms with Gasteiger partial charge in [0, 0.05) is 25.1 Å². The SMILES string of the molecule is CCNC(=O)CCCC(=O)Nc1ccc(OC)c(N)c1. The monoisotopic (exact) mass is 279 g/mol. The number of anilines is 2. The van der Waals surface area contributed by atoms with Crippen molar-refractivity contribution in [3.63, 3.8) is 0 Å². The standard InChI is InChI=1S/C14H21N3O3/c1-3-16-13(18)5-4-6-14(19)17-10-7-8-12(20-2)11(15)9-10/h7-9H,3-6,15H2,1-2H3,(H,16,18)(H,17,19). The molecular formula is C14H21N3O3. The second-order valence-corrected chi connectivity index (χ2v) is 4.31. The van der Waals surface area contributed by atoms with Gasteiger partial charge in [-0.2, -0.15) is 0 Å². The van der Waals surface area contributed by atoms with E-state index in [1.807, 2.05) is 6.92 Å². The molecule has 0 aliphatic rings. The Kier molecular flexibility index (Phi) is 6.36. The van der Waals surface area contributed by atoms with Gasteiger partial charge >= 0.3 is 0 Å². The molecule has 1 rings (SSSR count). The number of carbonyl (C=O) groups is 2. The summed E-state index contributed by atoms with van der Waals surface area (Å²) >= 11 is 0. The third-order valence-electron chi connectivity index (χ3n) is 2.70. The normalized spacial score (nSPS) is 9.90. The lowest BCUT2D eigenvalue weighted by Gasteiger charge is -2.08. The number of nitrogens with one attached hydrogen (secondary N) is 2. The molecule has 0 aromatic heterocycles. The zero-order valence-corrected chi connectivity index (χ0v) is 11.9. The van der Waals surface area contributed by atoms with Gasteiger partial charge in [-0.25, -0.2) is 0 Å². The van der Waals surface area contributed by atoms with E-state index in [1.165, 1.54) is 7.11 Å². The Morgan fingerprint density at radius 3 is 2.55 bits per heavy atom. The molecule has 2 amide bonds. The maximum absolute atomic E-state index is 11.7. The summed E-state index contributed by atoms with van der Waals surface area (Å²) in [5, 5.41) is 5.42. The van der Waals surface area contributed by atoms with Crippen molar-refractivity contribution in [3.05, 3.63) is 18.2 Å². The summed E-state index contributed by atoms with van der Waals surface area (Å²) in [5.74, 6) is 0.395. The van der Waals surface area contributed by atoms with Gasteiger partial charge in [0.05, 0.1) is 12.8 Å². The minimum absolute atomic E-state index is 0.0333. The first-order chi connectivity index (χ1) is 9.56. The van der Waals surface area contributed by atoms with E-state index in [2.05, 4.69) is 10.6 Å². The summed E-state index contributed by atoms with van der Waals surface area (Å²) in [5.41, 5.74) is 6.83. The molecule has 6 nitrogen and oxygen atoms in total. The largest absolute Gasteiger partial charge is 0.495 e. The van der Waals surface area contributed by atoms with Gasteiger partial charge in [0.25, 0.3) is 0 Å². The number of hydrogen-bond donors (Lipinski definition) is 3. The number of benzene rings is 1. The molecular weight excluding hydrogens is 258 g/mol. The van der Waals surface area contributed by atoms with Gasteiger partial charge < -0.3 is 21.1 Å². The fourth-order valence-corrected chi connectivity index (χ4v) is 1.73. The van der Waals surface area contributed by atoms with Crippen molar-refractivity contribution in [1.82, 2.24) is 5.32 Å². The second kappa shape index (κ2) is 8.04. The van der Waals surface area contributed by atoms with Crippen LogP contribution in [0.2, 0.25) is 0 Å². The molecule has 0 saturated carbocycles. The minimum Gasteiger partial charge on any atom is -0.495 e. The number of nitrogens with two attached hydrogens (primary N) is 1. The van der Waals surface area contributed by atoms with E-state index in [-0.39, 0.29) is 11.8 Å². The molecule has 1 aromatic carbocycles. The van der Waals surface area contributed by atoms with Crippen molar-refractivity contribution in [2.24, 2.45) is 0 Å². The van der Waals surface area contributed by atoms with Crippen molar-refractivity contribution in [2.45, 2.75) is 26.2 Å². The van der Waals surface area contributed by atoms with Crippen LogP contribution in [0.5, 0.6) is 5.75 Å². The average Bonchev–Trinajstić information content (AvgIpc) is 2.39. The lowest BCUT2D eigenvalue weighted by molar-refractivity contribution is -0.121. The molecule has 1 aromatic rings. The van der Waals surface area contributed by atoms with Crippen LogP contribution >= 0.6 is 0 Å². The van der Waals surface area contributed by atoms with E-state index in [0.717, 1.165) is 0 Å². The van der Waals surface area contributed by atoms with Gasteiger partial charge in [0.15, 0.2) is 0 Å². The van der Waals surface area contributed by atoms with E-state index < -0.39 is 0 Å². The molecule has 0 fully saturated rings. The lowest BCUT2D eigenvalue weighted by atomic mass is 10.2. The number of ether oxygens (including phenoxy) is 1. The van der Waals surface area contributed by atoms with Crippen LogP contribution in [0.15, 0.2) is 18.2 Å². The molecule has 0 spiro atoms. The number of methoxy groups -OCH3 is 1. The van der Waals surface area contributed by atoms with Crippen LogP contribution in [0, 0.1) is 0 Å². The summed E-state index contributed by atoms with van der Waals surface area (Å²) in [6, 6.07) is 5.05. The van der Waals surface area contributed by atoms with E-state index >= 15 is 0 Å². The minimum atomic E-state index is -0.140. The predicted molar refractivity (Wildman–Crippen MR) is 78.6 cm³/mol. The van der Waals surface area contributed by atoms with Crippen LogP contribution < -0.4 is 21.1 Å². The lowest BCUT2D eigenvalue weighted by Crippen LogP contribution is -2.22. The van der Waals surface area contributed by atoms with Crippen LogP contribution in [0.3, 0.4) is 0 Å². The van der Waals surface area contributed by atoms with Crippen LogP contribution in [0.1, 0.15) is 26.2 Å². The molecule has 0 saturated heterocycles. The quantitative estimate of drug-likeness (QED) is 0.660. The highest BCUT2D eigenvalue weighted by molar-refractivity contribution is 5.91. The molecule has 20 heavy (non-hydrogen) atoms. The average molecular weight is 279 g/mol. The van der Waals surface area contributed by atoms with Crippen molar-refractivity contribution < 1.29 is 14.3 Å². The fourth-order valence-electron chi connectivity index (χ4n) is 1.73. The maximum atomic E-state index is 11.7. The van der Waals surface area contributed by atoms with Crippen molar-refractivity contribution >= 4 is 23.2 Å². The van der Waals surface area contributed by atoms with Crippen LogP contribution in [-0.4, -0.2) is 25.5 Å². The van der Waals surface area contributed by atoms with E-state index in [0.29, 0.717) is 42.9 Å². The molecule has 0 atom stereocenters. The highest BCUT2D eigenvalue weighted by Gasteiger charge is 2.06. The Labute approximate surface area is 118 Å². The zero-order chi connectivity index (χ0) is 15.0. The molecule has 0 aliphatic heterocycles. The number of carbonyl (C=O) groups excluding carboxylic acids is 2. The molecule has 0 heterocycles. The topological polar surface area (TPSA) is 93.5 Å². The maximum Gasteiger partial charge on any atom is 0.224 e. The van der Waals surface area contributed by atoms with Gasteiger partial charge in [0.2, 0.25) is 11.8 Å². The van der Waals surface area contributed by atoms with Crippen LogP contribution in [0.4, 0.5) is 11.4 Å². The first-order valence-corrected chi connectivity index (χ1v) is 6.57. The van der Waals surface area contributed by atoms with Gasteiger partial charge in [-0.1, -0.05) is 0 Å². The zero-order valence-electron chi connectivity index (χ0n) is 11.9. The summed E-state index contributed by atoms with van der Waals surface area (Å²) in [6.45, 7) is 2.47. The Balaban J connectivity index is 2.39. The number of rotatable bonds is 7. The van der Waals surface area contributed by atoms with Crippen LogP contribution in [-0.2, 0) is 9.59 Å². The molecule has 110 valence electrons. The number of nitrogen functional groups attached to an aromatic ring is 1. The van der Waals surface area contributed by atoms with Gasteiger partial charge in [-0.3, -0.25) is 9.59 Å². The Bertz CT molecular complexity index is 475. The molecule has 4 N–H and O–H groups in total. The molecule has 0 radical (unpaired) electrons. The Hall–Kier alpha value is -2.24. The van der Waals surface area contributed by atoms with Gasteiger partial charge in [-0.05, 0) is 31.5 Å². The third kappa shape index (κ3) is 5.17. The van der Waals surface area contributed by atoms with Crippen LogP contribution in [0.25, 0.3) is 0 Å². The second-order valence-electron chi connectivity index (χ2n) is 4.31. The van der Waals surface area contributed by atoms with E-state index in [1.54, 1.807) is 18.2 Å². The number of hydrogen-bond acceptors (Lipinski definition) is 4. The fraction of sp³-hybridized carbons (Fsp3) is 0.429. The molecule has 0 bridgehead atoms. The summed E-state index contributed by atoms with van der Waals surface area (Å²) < 4.78 is 5.04. The first-order valence-electron chi connectivity index (χ1n) is 6.57. The van der Waals surface area contributed by atoms with Crippen molar-refractivity contribution in [3.8, 4) is 5.75 Å². The summed E-state index contributed by atoms with van der Waals surface area (Å²) in [6.07, 6.45) is 1.17. The molecule has 0 unspecified atom stereocenters. The molecule has 0 aliphatic carbocycles. The summed E-state index contributed by atoms with van der Waals surface area (Å²) in [4.78, 5) is 22.9. The smallest absolute Gasteiger partial charge is 0.224 e.